The van der Waals surface area contributed by atoms with Gasteiger partial charge in [-0.05, 0) is 40.7 Å². The second-order valence-electron chi connectivity index (χ2n) is 12.3. The maximum Gasteiger partial charge on any atom is 0.417 e. The molecule has 0 spiro atoms. The molecule has 2 amide bonds. The number of nitrogens with zero attached hydrogens (tertiary/aromatic N) is 2. The predicted molar refractivity (Wildman–Crippen MR) is 166 cm³/mol. The van der Waals surface area contributed by atoms with Crippen molar-refractivity contribution in [2.75, 3.05) is 6.61 Å². The van der Waals surface area contributed by atoms with E-state index in [-0.39, 0.29) is 24.5 Å². The van der Waals surface area contributed by atoms with Gasteiger partial charge in [-0.3, -0.25) is 4.79 Å². The Kier molecular flexibility index (Phi) is 15.5. The lowest BCUT2D eigenvalue weighted by Gasteiger charge is -2.24. The summed E-state index contributed by atoms with van der Waals surface area (Å²) in [5.74, 6) is 0.540. The summed E-state index contributed by atoms with van der Waals surface area (Å²) >= 11 is 0. The fourth-order valence-electron chi connectivity index (χ4n) is 4.85. The number of ether oxygens (including phenoxy) is 2. The number of amides is 2. The predicted octanol–water partition coefficient (Wildman–Crippen LogP) is 8.57. The van der Waals surface area contributed by atoms with Gasteiger partial charge in [0, 0.05) is 19.1 Å². The molecular weight excluding hydrogens is 512 g/mol. The summed E-state index contributed by atoms with van der Waals surface area (Å²) in [6, 6.07) is 9.75. The van der Waals surface area contributed by atoms with E-state index in [2.05, 4.69) is 33.8 Å². The molecule has 0 aliphatic rings. The van der Waals surface area contributed by atoms with E-state index < -0.39 is 6.09 Å². The second-order valence-corrected chi connectivity index (χ2v) is 12.3. The Hall–Kier alpha value is -2.89. The van der Waals surface area contributed by atoms with Crippen molar-refractivity contribution in [3.05, 3.63) is 59.4 Å². The molecule has 0 saturated carbocycles. The Labute approximate surface area is 249 Å². The first-order valence-corrected chi connectivity index (χ1v) is 15.8. The van der Waals surface area contributed by atoms with E-state index >= 15 is 0 Å². The summed E-state index contributed by atoms with van der Waals surface area (Å²) in [5.41, 5.74) is 2.70. The van der Waals surface area contributed by atoms with E-state index in [1.54, 1.807) is 0 Å². The third kappa shape index (κ3) is 13.5. The van der Waals surface area contributed by atoms with Crippen molar-refractivity contribution in [2.24, 2.45) is 7.05 Å². The molecule has 1 aromatic heterocycles. The third-order valence-corrected chi connectivity index (χ3v) is 7.46. The maximum atomic E-state index is 12.8. The van der Waals surface area contributed by atoms with Crippen LogP contribution in [-0.2, 0) is 35.1 Å². The molecule has 6 nitrogen and oxygen atoms in total. The highest BCUT2D eigenvalue weighted by atomic mass is 16.6. The van der Waals surface area contributed by atoms with Gasteiger partial charge in [0.15, 0.2) is 12.4 Å². The molecule has 0 unspecified atom stereocenters. The molecule has 6 heteroatoms. The van der Waals surface area contributed by atoms with Gasteiger partial charge < -0.3 is 9.47 Å². The highest BCUT2D eigenvalue weighted by Gasteiger charge is 2.22. The Balaban J connectivity index is 1.79. The molecule has 0 aliphatic carbocycles. The highest BCUT2D eigenvalue weighted by molar-refractivity contribution is 5.90. The summed E-state index contributed by atoms with van der Waals surface area (Å²) in [6.07, 6.45) is 19.0. The van der Waals surface area contributed by atoms with E-state index in [1.807, 2.05) is 48.3 Å². The van der Waals surface area contributed by atoms with E-state index in [4.69, 9.17) is 9.47 Å². The number of imide groups is 1. The number of aryl methyl sites for hydroxylation is 1. The second kappa shape index (κ2) is 18.5. The van der Waals surface area contributed by atoms with Crippen LogP contribution in [0.4, 0.5) is 4.79 Å². The van der Waals surface area contributed by atoms with E-state index in [0.717, 1.165) is 33.8 Å². The molecule has 1 heterocycles. The minimum atomic E-state index is -0.643. The van der Waals surface area contributed by atoms with E-state index in [1.165, 1.54) is 77.6 Å². The summed E-state index contributed by atoms with van der Waals surface area (Å²) in [7, 11) is 1.92. The van der Waals surface area contributed by atoms with Crippen molar-refractivity contribution in [3.8, 4) is 5.75 Å². The van der Waals surface area contributed by atoms with Gasteiger partial charge in [0.2, 0.25) is 5.91 Å². The summed E-state index contributed by atoms with van der Waals surface area (Å²) in [5, 5.41) is 0. The standard InChI is InChI=1S/C35H55N2O4/c1-7-8-9-10-11-12-13-14-15-16-17-18-25-40-33-20-19-31(26-32(33)35(3,4)5)28-41-34(39)37(29(2)38)27-30-21-23-36(6)24-22-30/h19-24,26H,7-18,25,27-28H2,1-6H3/q+1. The SMILES string of the molecule is CCCCCCCCCCCCCCOc1ccc(COC(=O)N(Cc2cc[n+](C)cc2)C(C)=O)cc1C(C)(C)C. The highest BCUT2D eigenvalue weighted by Crippen LogP contribution is 2.32. The molecule has 2 aromatic rings. The quantitative estimate of drug-likeness (QED) is 0.134. The number of unbranched alkanes of at least 4 members (excludes halogenated alkanes) is 11. The minimum Gasteiger partial charge on any atom is -0.493 e. The molecule has 0 radical (unpaired) electrons. The first-order chi connectivity index (χ1) is 19.6. The number of hydrogen-bond acceptors (Lipinski definition) is 4. The molecule has 41 heavy (non-hydrogen) atoms. The number of carbonyl (C=O) groups excluding carboxylic acids is 2. The van der Waals surface area contributed by atoms with E-state index in [0.29, 0.717) is 6.61 Å². The first-order valence-electron chi connectivity index (χ1n) is 15.8. The van der Waals surface area contributed by atoms with E-state index in [9.17, 15) is 9.59 Å². The number of rotatable bonds is 18. The van der Waals surface area contributed by atoms with Crippen molar-refractivity contribution >= 4 is 12.0 Å². The number of hydrogen-bond donors (Lipinski definition) is 0. The molecule has 228 valence electrons. The van der Waals surface area contributed by atoms with Crippen molar-refractivity contribution < 1.29 is 23.6 Å². The van der Waals surface area contributed by atoms with Crippen molar-refractivity contribution in [2.45, 2.75) is 130 Å². The van der Waals surface area contributed by atoms with Crippen LogP contribution in [0.5, 0.6) is 5.75 Å². The Morgan fingerprint density at radius 3 is 1.90 bits per heavy atom. The topological polar surface area (TPSA) is 59.7 Å². The maximum absolute atomic E-state index is 12.8. The minimum absolute atomic E-state index is 0.0917. The largest absolute Gasteiger partial charge is 0.493 e. The lowest BCUT2D eigenvalue weighted by atomic mass is 9.85. The van der Waals surface area contributed by atoms with Gasteiger partial charge in [-0.2, -0.15) is 0 Å². The van der Waals surface area contributed by atoms with Gasteiger partial charge in [-0.1, -0.05) is 104 Å². The monoisotopic (exact) mass is 567 g/mol. The zero-order valence-corrected chi connectivity index (χ0v) is 26.7. The van der Waals surface area contributed by atoms with Crippen LogP contribution in [0.3, 0.4) is 0 Å². The zero-order chi connectivity index (χ0) is 30.1. The van der Waals surface area contributed by atoms with Crippen molar-refractivity contribution in [1.82, 2.24) is 4.90 Å². The van der Waals surface area contributed by atoms with Crippen LogP contribution >= 0.6 is 0 Å². The van der Waals surface area contributed by atoms with Crippen LogP contribution in [0, 0.1) is 0 Å². The molecular formula is C35H55N2O4+. The fraction of sp³-hybridized carbons (Fsp3) is 0.629. The summed E-state index contributed by atoms with van der Waals surface area (Å²) in [4.78, 5) is 26.1. The Morgan fingerprint density at radius 2 is 1.37 bits per heavy atom. The molecule has 0 N–H and O–H groups in total. The normalized spacial score (nSPS) is 11.4. The first kappa shape index (κ1) is 34.3. The van der Waals surface area contributed by atoms with Crippen LogP contribution in [-0.4, -0.2) is 23.5 Å². The third-order valence-electron chi connectivity index (χ3n) is 7.46. The average Bonchev–Trinajstić information content (AvgIpc) is 2.93. The summed E-state index contributed by atoms with van der Waals surface area (Å²) < 4.78 is 13.7. The van der Waals surface area contributed by atoms with Gasteiger partial charge in [0.25, 0.3) is 0 Å². The van der Waals surface area contributed by atoms with Gasteiger partial charge >= 0.3 is 6.09 Å². The lowest BCUT2D eigenvalue weighted by molar-refractivity contribution is -0.671. The van der Waals surface area contributed by atoms with Crippen LogP contribution in [0.15, 0.2) is 42.7 Å². The smallest absolute Gasteiger partial charge is 0.417 e. The molecule has 0 fully saturated rings. The van der Waals surface area contributed by atoms with Crippen LogP contribution in [0.1, 0.15) is 128 Å². The van der Waals surface area contributed by atoms with Gasteiger partial charge in [0.1, 0.15) is 19.4 Å². The number of benzene rings is 1. The number of aromatic nitrogens is 1. The zero-order valence-electron chi connectivity index (χ0n) is 26.7. The van der Waals surface area contributed by atoms with Crippen LogP contribution in [0.25, 0.3) is 0 Å². The van der Waals surface area contributed by atoms with Crippen LogP contribution in [0.2, 0.25) is 0 Å². The van der Waals surface area contributed by atoms with Gasteiger partial charge in [-0.25, -0.2) is 14.3 Å². The molecule has 1 aromatic carbocycles. The van der Waals surface area contributed by atoms with Gasteiger partial charge in [-0.15, -0.1) is 0 Å². The number of pyridine rings is 1. The molecule has 0 aliphatic heterocycles. The molecule has 0 bridgehead atoms. The van der Waals surface area contributed by atoms with Gasteiger partial charge in [0.05, 0.1) is 13.2 Å². The Morgan fingerprint density at radius 1 is 0.805 bits per heavy atom. The molecule has 2 rings (SSSR count). The van der Waals surface area contributed by atoms with Crippen LogP contribution < -0.4 is 9.30 Å². The lowest BCUT2D eigenvalue weighted by Crippen LogP contribution is -2.35. The molecule has 0 atom stereocenters. The Bertz CT molecular complexity index is 1040. The summed E-state index contributed by atoms with van der Waals surface area (Å²) in [6.45, 7) is 11.1. The molecule has 0 saturated heterocycles. The average molecular weight is 568 g/mol. The fourth-order valence-corrected chi connectivity index (χ4v) is 4.85. The van der Waals surface area contributed by atoms with Crippen molar-refractivity contribution in [3.63, 3.8) is 0 Å². The number of carbonyl (C=O) groups is 2. The van der Waals surface area contributed by atoms with Crippen molar-refractivity contribution in [1.29, 1.82) is 0 Å².